The molecule has 1 saturated heterocycles. The van der Waals surface area contributed by atoms with Crippen LogP contribution in [-0.2, 0) is 14.3 Å². The average Bonchev–Trinajstić information content (AvgIpc) is 2.91. The minimum atomic E-state index is -1.05. The van der Waals surface area contributed by atoms with Crippen LogP contribution in [0.15, 0.2) is 48.5 Å². The number of hydrogen-bond donors (Lipinski definition) is 1. The molecule has 0 atom stereocenters. The van der Waals surface area contributed by atoms with Crippen LogP contribution in [0.1, 0.15) is 43.7 Å². The summed E-state index contributed by atoms with van der Waals surface area (Å²) in [6, 6.07) is 11.5. The van der Waals surface area contributed by atoms with Crippen molar-refractivity contribution < 1.29 is 27.9 Å². The zero-order valence-electron chi connectivity index (χ0n) is 17.4. The number of rotatable bonds is 8. The van der Waals surface area contributed by atoms with Gasteiger partial charge in [0.1, 0.15) is 23.7 Å². The van der Waals surface area contributed by atoms with Crippen LogP contribution in [0, 0.1) is 11.6 Å². The highest BCUT2D eigenvalue weighted by Gasteiger charge is 2.45. The maximum atomic E-state index is 13.3. The second kappa shape index (κ2) is 9.24. The molecule has 3 amide bonds. The molecule has 0 unspecified atom stereocenters. The summed E-state index contributed by atoms with van der Waals surface area (Å²) in [5, 5.41) is 2.50. The van der Waals surface area contributed by atoms with Crippen LogP contribution >= 0.6 is 0 Å². The Morgan fingerprint density at radius 2 is 1.52 bits per heavy atom. The lowest BCUT2D eigenvalue weighted by Gasteiger charge is -2.19. The Hall–Kier alpha value is -3.29. The summed E-state index contributed by atoms with van der Waals surface area (Å²) in [5.41, 5.74) is 0.677. The van der Waals surface area contributed by atoms with Gasteiger partial charge in [0, 0.05) is 5.92 Å². The monoisotopic (exact) mass is 430 g/mol. The SMILES string of the molecule is CC1(C)NC(=O)N(CC(=O)OCCCC(c2ccc(F)cc2)c2ccc(F)cc2)C1=O. The van der Waals surface area contributed by atoms with E-state index in [1.807, 2.05) is 0 Å². The molecule has 6 nitrogen and oxygen atoms in total. The molecule has 1 fully saturated rings. The Balaban J connectivity index is 1.56. The van der Waals surface area contributed by atoms with Gasteiger partial charge in [0.25, 0.3) is 5.91 Å². The molecule has 0 aromatic heterocycles. The van der Waals surface area contributed by atoms with Crippen LogP contribution in [0.5, 0.6) is 0 Å². The van der Waals surface area contributed by atoms with E-state index in [1.54, 1.807) is 38.1 Å². The fourth-order valence-electron chi connectivity index (χ4n) is 3.53. The van der Waals surface area contributed by atoms with E-state index in [1.165, 1.54) is 24.3 Å². The van der Waals surface area contributed by atoms with E-state index in [0.717, 1.165) is 16.0 Å². The molecule has 164 valence electrons. The van der Waals surface area contributed by atoms with Crippen LogP contribution in [-0.4, -0.2) is 41.5 Å². The summed E-state index contributed by atoms with van der Waals surface area (Å²) in [7, 11) is 0. The molecule has 2 aromatic carbocycles. The summed E-state index contributed by atoms with van der Waals surface area (Å²) >= 11 is 0. The van der Waals surface area contributed by atoms with E-state index in [-0.39, 0.29) is 24.2 Å². The van der Waals surface area contributed by atoms with Gasteiger partial charge < -0.3 is 10.1 Å². The number of amides is 3. The molecule has 0 saturated carbocycles. The number of imide groups is 1. The summed E-state index contributed by atoms with van der Waals surface area (Å²) in [6.07, 6.45) is 1.05. The second-order valence-corrected chi connectivity index (χ2v) is 7.96. The van der Waals surface area contributed by atoms with Gasteiger partial charge >= 0.3 is 12.0 Å². The molecular weight excluding hydrogens is 406 g/mol. The van der Waals surface area contributed by atoms with Crippen molar-refractivity contribution in [1.29, 1.82) is 0 Å². The molecule has 1 heterocycles. The van der Waals surface area contributed by atoms with Gasteiger partial charge in [-0.15, -0.1) is 0 Å². The van der Waals surface area contributed by atoms with E-state index in [0.29, 0.717) is 12.8 Å². The predicted octanol–water partition coefficient (Wildman–Crippen LogP) is 3.75. The van der Waals surface area contributed by atoms with E-state index < -0.39 is 30.0 Å². The number of ether oxygens (including phenoxy) is 1. The van der Waals surface area contributed by atoms with Crippen LogP contribution in [0.4, 0.5) is 13.6 Å². The minimum absolute atomic E-state index is 0.0881. The lowest BCUT2D eigenvalue weighted by molar-refractivity contribution is -0.147. The molecule has 0 aliphatic carbocycles. The molecule has 1 aliphatic rings. The maximum Gasteiger partial charge on any atom is 0.326 e. The molecule has 31 heavy (non-hydrogen) atoms. The largest absolute Gasteiger partial charge is 0.464 e. The number of nitrogens with zero attached hydrogens (tertiary/aromatic N) is 1. The van der Waals surface area contributed by atoms with Crippen molar-refractivity contribution in [3.8, 4) is 0 Å². The first-order chi connectivity index (χ1) is 14.7. The van der Waals surface area contributed by atoms with Crippen molar-refractivity contribution in [3.05, 3.63) is 71.3 Å². The zero-order chi connectivity index (χ0) is 22.6. The fourth-order valence-corrected chi connectivity index (χ4v) is 3.53. The van der Waals surface area contributed by atoms with Crippen molar-refractivity contribution in [2.75, 3.05) is 13.2 Å². The number of benzene rings is 2. The Morgan fingerprint density at radius 1 is 1.00 bits per heavy atom. The smallest absolute Gasteiger partial charge is 0.326 e. The Bertz CT molecular complexity index is 913. The molecular formula is C23H24F2N2O4. The Labute approximate surface area is 179 Å². The van der Waals surface area contributed by atoms with Crippen molar-refractivity contribution >= 4 is 17.9 Å². The van der Waals surface area contributed by atoms with Gasteiger partial charge in [-0.25, -0.2) is 13.6 Å². The van der Waals surface area contributed by atoms with Crippen LogP contribution in [0.3, 0.4) is 0 Å². The van der Waals surface area contributed by atoms with Gasteiger partial charge in [-0.05, 0) is 62.1 Å². The van der Waals surface area contributed by atoms with Crippen LogP contribution in [0.2, 0.25) is 0 Å². The molecule has 0 spiro atoms. The summed E-state index contributed by atoms with van der Waals surface area (Å²) < 4.78 is 31.8. The highest BCUT2D eigenvalue weighted by Crippen LogP contribution is 2.29. The number of nitrogens with one attached hydrogen (secondary N) is 1. The van der Waals surface area contributed by atoms with Crippen LogP contribution < -0.4 is 5.32 Å². The normalized spacial score (nSPS) is 15.3. The lowest BCUT2D eigenvalue weighted by atomic mass is 9.87. The molecule has 8 heteroatoms. The average molecular weight is 430 g/mol. The number of halogens is 2. The lowest BCUT2D eigenvalue weighted by Crippen LogP contribution is -2.41. The van der Waals surface area contributed by atoms with Crippen molar-refractivity contribution in [1.82, 2.24) is 10.2 Å². The van der Waals surface area contributed by atoms with E-state index >= 15 is 0 Å². The highest BCUT2D eigenvalue weighted by atomic mass is 19.1. The molecule has 1 N–H and O–H groups in total. The standard InChI is InChI=1S/C23H24F2N2O4/c1-23(2)21(29)27(22(30)26-23)14-20(28)31-13-3-4-19(15-5-9-17(24)10-6-15)16-7-11-18(25)12-8-16/h5-12,19H,3-4,13-14H2,1-2H3,(H,26,30). The molecule has 3 rings (SSSR count). The van der Waals surface area contributed by atoms with Crippen LogP contribution in [0.25, 0.3) is 0 Å². The molecule has 0 radical (unpaired) electrons. The summed E-state index contributed by atoms with van der Waals surface area (Å²) in [5.74, 6) is -1.99. The molecule has 0 bridgehead atoms. The van der Waals surface area contributed by atoms with Gasteiger partial charge in [0.2, 0.25) is 0 Å². The van der Waals surface area contributed by atoms with Crippen molar-refractivity contribution in [3.63, 3.8) is 0 Å². The highest BCUT2D eigenvalue weighted by molar-refractivity contribution is 6.08. The number of carbonyl (C=O) groups is 3. The quantitative estimate of drug-likeness (QED) is 0.393. The molecule has 1 aliphatic heterocycles. The predicted molar refractivity (Wildman–Crippen MR) is 109 cm³/mol. The number of carbonyl (C=O) groups excluding carboxylic acids is 3. The Morgan fingerprint density at radius 3 is 1.97 bits per heavy atom. The van der Waals surface area contributed by atoms with Crippen molar-refractivity contribution in [2.24, 2.45) is 0 Å². The van der Waals surface area contributed by atoms with Gasteiger partial charge in [-0.2, -0.15) is 0 Å². The maximum absolute atomic E-state index is 13.3. The number of urea groups is 1. The fraction of sp³-hybridized carbons (Fsp3) is 0.348. The first kappa shape index (κ1) is 22.4. The first-order valence-electron chi connectivity index (χ1n) is 9.98. The van der Waals surface area contributed by atoms with E-state index in [2.05, 4.69) is 5.32 Å². The number of esters is 1. The van der Waals surface area contributed by atoms with E-state index in [9.17, 15) is 23.2 Å². The van der Waals surface area contributed by atoms with Gasteiger partial charge in [-0.3, -0.25) is 14.5 Å². The molecule has 2 aromatic rings. The summed E-state index contributed by atoms with van der Waals surface area (Å²) in [4.78, 5) is 36.9. The third-order valence-corrected chi connectivity index (χ3v) is 5.18. The topological polar surface area (TPSA) is 75.7 Å². The second-order valence-electron chi connectivity index (χ2n) is 7.96. The van der Waals surface area contributed by atoms with Crippen molar-refractivity contribution in [2.45, 2.75) is 38.1 Å². The third-order valence-electron chi connectivity index (χ3n) is 5.18. The summed E-state index contributed by atoms with van der Waals surface area (Å²) in [6.45, 7) is 2.76. The van der Waals surface area contributed by atoms with Gasteiger partial charge in [-0.1, -0.05) is 24.3 Å². The minimum Gasteiger partial charge on any atom is -0.464 e. The van der Waals surface area contributed by atoms with Gasteiger partial charge in [0.05, 0.1) is 6.61 Å². The van der Waals surface area contributed by atoms with E-state index in [4.69, 9.17) is 4.74 Å². The Kier molecular flexibility index (Phi) is 6.68. The first-order valence-corrected chi connectivity index (χ1v) is 9.98. The zero-order valence-corrected chi connectivity index (χ0v) is 17.4. The third kappa shape index (κ3) is 5.45. The van der Waals surface area contributed by atoms with Gasteiger partial charge in [0.15, 0.2) is 0 Å². The number of hydrogen-bond acceptors (Lipinski definition) is 4.